The predicted molar refractivity (Wildman–Crippen MR) is 115 cm³/mol. The molecule has 1 heterocycles. The number of sulfonamides is 1. The first-order valence-corrected chi connectivity index (χ1v) is 11.8. The fourth-order valence-electron chi connectivity index (χ4n) is 3.96. The molecule has 0 spiro atoms. The molecular formula is C22H26N2O5S. The average molecular weight is 431 g/mol. The predicted octanol–water partition coefficient (Wildman–Crippen LogP) is 2.83. The Balaban J connectivity index is 1.62. The van der Waals surface area contributed by atoms with Crippen molar-refractivity contribution >= 4 is 21.6 Å². The van der Waals surface area contributed by atoms with Gasteiger partial charge in [-0.05, 0) is 61.2 Å². The van der Waals surface area contributed by atoms with Gasteiger partial charge in [-0.25, -0.2) is 8.42 Å². The molecule has 0 unspecified atom stereocenters. The summed E-state index contributed by atoms with van der Waals surface area (Å²) >= 11 is 0. The number of carbonyl (C=O) groups excluding carboxylic acids is 1. The van der Waals surface area contributed by atoms with Gasteiger partial charge in [0.25, 0.3) is 5.91 Å². The molecule has 160 valence electrons. The van der Waals surface area contributed by atoms with E-state index in [4.69, 9.17) is 9.47 Å². The van der Waals surface area contributed by atoms with Crippen molar-refractivity contribution in [2.45, 2.75) is 31.8 Å². The lowest BCUT2D eigenvalue weighted by Crippen LogP contribution is -2.33. The van der Waals surface area contributed by atoms with Crippen molar-refractivity contribution in [1.82, 2.24) is 4.90 Å². The lowest BCUT2D eigenvalue weighted by Gasteiger charge is -2.24. The van der Waals surface area contributed by atoms with Gasteiger partial charge in [0.05, 0.1) is 32.7 Å². The third kappa shape index (κ3) is 3.96. The molecule has 0 bridgehead atoms. The Morgan fingerprint density at radius 3 is 2.53 bits per heavy atom. The minimum absolute atomic E-state index is 0.0528. The molecule has 0 aromatic heterocycles. The molecule has 4 rings (SSSR count). The number of fused-ring (bicyclic) bond motifs is 1. The van der Waals surface area contributed by atoms with Gasteiger partial charge in [-0.15, -0.1) is 0 Å². The van der Waals surface area contributed by atoms with Gasteiger partial charge in [0.2, 0.25) is 10.0 Å². The van der Waals surface area contributed by atoms with Gasteiger partial charge in [-0.2, -0.15) is 0 Å². The lowest BCUT2D eigenvalue weighted by molar-refractivity contribution is 0.0728. The van der Waals surface area contributed by atoms with Crippen molar-refractivity contribution in [2.24, 2.45) is 0 Å². The van der Waals surface area contributed by atoms with Crippen LogP contribution in [0.3, 0.4) is 0 Å². The van der Waals surface area contributed by atoms with E-state index >= 15 is 0 Å². The molecule has 0 N–H and O–H groups in total. The van der Waals surface area contributed by atoms with Gasteiger partial charge in [-0.1, -0.05) is 0 Å². The Labute approximate surface area is 177 Å². The summed E-state index contributed by atoms with van der Waals surface area (Å²) < 4.78 is 36.1. The Bertz CT molecular complexity index is 1080. The van der Waals surface area contributed by atoms with E-state index in [9.17, 15) is 13.2 Å². The van der Waals surface area contributed by atoms with E-state index in [-0.39, 0.29) is 11.9 Å². The number of hydrogen-bond acceptors (Lipinski definition) is 5. The van der Waals surface area contributed by atoms with Crippen LogP contribution < -0.4 is 13.8 Å². The van der Waals surface area contributed by atoms with Crippen LogP contribution >= 0.6 is 0 Å². The smallest absolute Gasteiger partial charge is 0.254 e. The first-order valence-electron chi connectivity index (χ1n) is 9.94. The van der Waals surface area contributed by atoms with Crippen molar-refractivity contribution < 1.29 is 22.7 Å². The zero-order valence-corrected chi connectivity index (χ0v) is 18.2. The van der Waals surface area contributed by atoms with E-state index in [0.29, 0.717) is 42.3 Å². The van der Waals surface area contributed by atoms with Crippen LogP contribution in [0, 0.1) is 0 Å². The van der Waals surface area contributed by atoms with Crippen LogP contribution in [0.5, 0.6) is 11.5 Å². The third-order valence-electron chi connectivity index (χ3n) is 5.66. The molecule has 2 aromatic rings. The highest BCUT2D eigenvalue weighted by atomic mass is 32.2. The maximum atomic E-state index is 13.4. The van der Waals surface area contributed by atoms with Crippen LogP contribution in [0.25, 0.3) is 0 Å². The maximum Gasteiger partial charge on any atom is 0.254 e. The monoisotopic (exact) mass is 430 g/mol. The standard InChI is InChI=1S/C22H26N2O5S/c1-28-19-7-9-21(29-2)17(13-19)14-23(18-5-6-18)22(25)16-4-8-20-15(12-16)10-11-24(20)30(3,26)27/h4,7-9,12-13,18H,5-6,10-11,14H2,1-3H3. The van der Waals surface area contributed by atoms with Gasteiger partial charge in [0.15, 0.2) is 0 Å². The van der Waals surface area contributed by atoms with E-state index < -0.39 is 10.0 Å². The molecule has 0 atom stereocenters. The van der Waals surface area contributed by atoms with Crippen molar-refractivity contribution in [3.63, 3.8) is 0 Å². The molecule has 1 saturated carbocycles. The van der Waals surface area contributed by atoms with E-state index in [0.717, 1.165) is 24.0 Å². The molecular weight excluding hydrogens is 404 g/mol. The molecule has 2 aliphatic rings. The number of amides is 1. The quantitative estimate of drug-likeness (QED) is 0.675. The lowest BCUT2D eigenvalue weighted by atomic mass is 10.1. The minimum atomic E-state index is -3.31. The molecule has 0 saturated heterocycles. The highest BCUT2D eigenvalue weighted by molar-refractivity contribution is 7.92. The zero-order chi connectivity index (χ0) is 21.5. The summed E-state index contributed by atoms with van der Waals surface area (Å²) in [4.78, 5) is 15.3. The number of ether oxygens (including phenoxy) is 2. The molecule has 1 aliphatic carbocycles. The molecule has 30 heavy (non-hydrogen) atoms. The maximum absolute atomic E-state index is 13.4. The molecule has 0 radical (unpaired) electrons. The molecule has 7 nitrogen and oxygen atoms in total. The number of carbonyl (C=O) groups is 1. The Morgan fingerprint density at radius 2 is 1.90 bits per heavy atom. The molecule has 1 amide bonds. The first kappa shape index (κ1) is 20.5. The normalized spacial score (nSPS) is 15.6. The molecule has 8 heteroatoms. The van der Waals surface area contributed by atoms with E-state index in [1.165, 1.54) is 10.6 Å². The number of anilines is 1. The van der Waals surface area contributed by atoms with Crippen molar-refractivity contribution in [2.75, 3.05) is 31.3 Å². The van der Waals surface area contributed by atoms with E-state index in [1.54, 1.807) is 26.4 Å². The van der Waals surface area contributed by atoms with Crippen LogP contribution in [0.1, 0.15) is 34.3 Å². The fraction of sp³-hybridized carbons (Fsp3) is 0.409. The van der Waals surface area contributed by atoms with Crippen molar-refractivity contribution in [3.8, 4) is 11.5 Å². The largest absolute Gasteiger partial charge is 0.497 e. The van der Waals surface area contributed by atoms with Gasteiger partial charge in [0, 0.05) is 23.7 Å². The second-order valence-electron chi connectivity index (χ2n) is 7.77. The van der Waals surface area contributed by atoms with E-state index in [1.807, 2.05) is 29.2 Å². The Kier molecular flexibility index (Phi) is 5.36. The summed E-state index contributed by atoms with van der Waals surface area (Å²) in [5, 5.41) is 0. The number of hydrogen-bond donors (Lipinski definition) is 0. The molecule has 1 fully saturated rings. The summed E-state index contributed by atoms with van der Waals surface area (Å²) in [7, 11) is -0.0870. The SMILES string of the molecule is COc1ccc(OC)c(CN(C(=O)c2ccc3c(c2)CCN3S(C)(=O)=O)C2CC2)c1. The van der Waals surface area contributed by atoms with Crippen molar-refractivity contribution in [3.05, 3.63) is 53.1 Å². The van der Waals surface area contributed by atoms with Gasteiger partial charge in [0.1, 0.15) is 11.5 Å². The topological polar surface area (TPSA) is 76.2 Å². The summed E-state index contributed by atoms with van der Waals surface area (Å²) in [5.41, 5.74) is 3.03. The van der Waals surface area contributed by atoms with Crippen LogP contribution in [0.2, 0.25) is 0 Å². The zero-order valence-electron chi connectivity index (χ0n) is 17.4. The second kappa shape index (κ2) is 7.83. The highest BCUT2D eigenvalue weighted by Gasteiger charge is 2.34. The first-order chi connectivity index (χ1) is 14.3. The number of methoxy groups -OCH3 is 2. The number of nitrogens with zero attached hydrogens (tertiary/aromatic N) is 2. The third-order valence-corrected chi connectivity index (χ3v) is 6.84. The van der Waals surface area contributed by atoms with Crippen molar-refractivity contribution in [1.29, 1.82) is 0 Å². The summed E-state index contributed by atoms with van der Waals surface area (Å²) in [5.74, 6) is 1.38. The summed E-state index contributed by atoms with van der Waals surface area (Å²) in [6, 6.07) is 11.1. The number of benzene rings is 2. The van der Waals surface area contributed by atoms with Crippen LogP contribution in [-0.4, -0.2) is 52.3 Å². The van der Waals surface area contributed by atoms with Gasteiger partial charge in [-0.3, -0.25) is 9.10 Å². The van der Waals surface area contributed by atoms with Gasteiger partial charge >= 0.3 is 0 Å². The Hall–Kier alpha value is -2.74. The Morgan fingerprint density at radius 1 is 1.13 bits per heavy atom. The molecule has 2 aromatic carbocycles. The van der Waals surface area contributed by atoms with Crippen LogP contribution in [-0.2, 0) is 23.0 Å². The van der Waals surface area contributed by atoms with Crippen LogP contribution in [0.15, 0.2) is 36.4 Å². The van der Waals surface area contributed by atoms with E-state index in [2.05, 4.69) is 0 Å². The fourth-order valence-corrected chi connectivity index (χ4v) is 4.92. The van der Waals surface area contributed by atoms with Crippen LogP contribution in [0.4, 0.5) is 5.69 Å². The van der Waals surface area contributed by atoms with Gasteiger partial charge < -0.3 is 14.4 Å². The second-order valence-corrected chi connectivity index (χ2v) is 9.68. The number of rotatable bonds is 7. The molecule has 1 aliphatic heterocycles. The summed E-state index contributed by atoms with van der Waals surface area (Å²) in [6.45, 7) is 0.843. The average Bonchev–Trinajstić information content (AvgIpc) is 3.47. The highest BCUT2D eigenvalue weighted by Crippen LogP contribution is 2.35. The minimum Gasteiger partial charge on any atom is -0.497 e. The summed E-state index contributed by atoms with van der Waals surface area (Å²) in [6.07, 6.45) is 3.77.